The van der Waals surface area contributed by atoms with Crippen molar-refractivity contribution in [1.82, 2.24) is 19.6 Å². The maximum atomic E-state index is 13.1. The minimum absolute atomic E-state index is 0.0379. The largest absolute Gasteiger partial charge is 0.325 e. The molecule has 0 saturated carbocycles. The Kier molecular flexibility index (Phi) is 6.02. The highest BCUT2D eigenvalue weighted by Gasteiger charge is 2.35. The van der Waals surface area contributed by atoms with Crippen LogP contribution in [0.3, 0.4) is 0 Å². The van der Waals surface area contributed by atoms with Crippen LogP contribution in [0, 0.1) is 12.8 Å². The van der Waals surface area contributed by atoms with Gasteiger partial charge >= 0.3 is 0 Å². The fraction of sp³-hybridized carbons (Fsp3) is 0.240. The molecule has 1 unspecified atom stereocenters. The van der Waals surface area contributed by atoms with Gasteiger partial charge in [0, 0.05) is 29.2 Å². The summed E-state index contributed by atoms with van der Waals surface area (Å²) in [6.07, 6.45) is 2.46. The highest BCUT2D eigenvalue weighted by atomic mass is 32.2. The maximum Gasteiger partial charge on any atom is 0.253 e. The van der Waals surface area contributed by atoms with E-state index in [2.05, 4.69) is 20.4 Å². The first-order chi connectivity index (χ1) is 16.5. The van der Waals surface area contributed by atoms with E-state index in [1.807, 2.05) is 68.4 Å². The topological polar surface area (TPSA) is 92.5 Å². The van der Waals surface area contributed by atoms with Gasteiger partial charge in [-0.2, -0.15) is 14.6 Å². The number of benzene rings is 2. The highest BCUT2D eigenvalue weighted by Crippen LogP contribution is 2.34. The van der Waals surface area contributed by atoms with Gasteiger partial charge in [0.05, 0.1) is 11.6 Å². The van der Waals surface area contributed by atoms with Crippen molar-refractivity contribution in [2.24, 2.45) is 5.92 Å². The zero-order valence-corrected chi connectivity index (χ0v) is 19.7. The monoisotopic (exact) mass is 472 g/mol. The molecule has 2 aromatic carbocycles. The van der Waals surface area contributed by atoms with Crippen LogP contribution in [-0.4, -0.2) is 37.9 Å². The number of aromatic nitrogens is 4. The fourth-order valence-electron chi connectivity index (χ4n) is 3.95. The molecule has 2 aromatic heterocycles. The Balaban J connectivity index is 1.34. The standard InChI is InChI=1S/C25H24N6O2S/c1-3-18-13-23(31-25(28-18)26-15-27-31)34-21-7-5-4-6-20(21)29-24(33)17-12-22(32)30(14-17)19-10-8-16(2)9-11-19/h4-11,13,15,17H,3,12,14H2,1-2H3,(H,29,33). The van der Waals surface area contributed by atoms with Crippen molar-refractivity contribution in [3.63, 3.8) is 0 Å². The number of nitrogens with zero attached hydrogens (tertiary/aromatic N) is 5. The van der Waals surface area contributed by atoms with E-state index in [1.165, 1.54) is 18.1 Å². The summed E-state index contributed by atoms with van der Waals surface area (Å²) in [5, 5.41) is 8.20. The van der Waals surface area contributed by atoms with Crippen molar-refractivity contribution in [2.45, 2.75) is 36.6 Å². The number of carbonyl (C=O) groups is 2. The van der Waals surface area contributed by atoms with Crippen molar-refractivity contribution in [3.8, 4) is 0 Å². The quantitative estimate of drug-likeness (QED) is 0.424. The molecule has 1 N–H and O–H groups in total. The lowest BCUT2D eigenvalue weighted by Crippen LogP contribution is -2.28. The van der Waals surface area contributed by atoms with Crippen LogP contribution in [0.4, 0.5) is 11.4 Å². The third-order valence-electron chi connectivity index (χ3n) is 5.84. The van der Waals surface area contributed by atoms with E-state index in [1.54, 1.807) is 9.42 Å². The number of aryl methyl sites for hydroxylation is 2. The first-order valence-corrected chi connectivity index (χ1v) is 12.0. The average molecular weight is 473 g/mol. The number of carbonyl (C=O) groups excluding carboxylic acids is 2. The molecule has 172 valence electrons. The molecule has 0 spiro atoms. The zero-order valence-electron chi connectivity index (χ0n) is 18.9. The van der Waals surface area contributed by atoms with E-state index in [0.717, 1.165) is 33.3 Å². The van der Waals surface area contributed by atoms with E-state index >= 15 is 0 Å². The number of rotatable bonds is 6. The van der Waals surface area contributed by atoms with Gasteiger partial charge in [0.15, 0.2) is 0 Å². The molecule has 2 amide bonds. The molecule has 1 aliphatic heterocycles. The number of nitrogens with one attached hydrogen (secondary N) is 1. The van der Waals surface area contributed by atoms with E-state index < -0.39 is 5.92 Å². The summed E-state index contributed by atoms with van der Waals surface area (Å²) < 4.78 is 1.69. The molecule has 1 atom stereocenters. The Labute approximate surface area is 201 Å². The van der Waals surface area contributed by atoms with Crippen LogP contribution in [0.25, 0.3) is 5.78 Å². The lowest BCUT2D eigenvalue weighted by molar-refractivity contribution is -0.122. The lowest BCUT2D eigenvalue weighted by Gasteiger charge is -2.17. The molecule has 1 saturated heterocycles. The van der Waals surface area contributed by atoms with Gasteiger partial charge in [0.1, 0.15) is 11.4 Å². The predicted octanol–water partition coefficient (Wildman–Crippen LogP) is 4.14. The summed E-state index contributed by atoms with van der Waals surface area (Å²) in [6.45, 7) is 4.41. The number of fused-ring (bicyclic) bond motifs is 1. The number of hydrogen-bond acceptors (Lipinski definition) is 6. The van der Waals surface area contributed by atoms with E-state index in [4.69, 9.17) is 0 Å². The van der Waals surface area contributed by atoms with Gasteiger partial charge in [-0.25, -0.2) is 4.98 Å². The normalized spacial score (nSPS) is 15.8. The number of amides is 2. The number of anilines is 2. The summed E-state index contributed by atoms with van der Waals surface area (Å²) in [7, 11) is 0. The Bertz CT molecular complexity index is 1370. The fourth-order valence-corrected chi connectivity index (χ4v) is 4.96. The van der Waals surface area contributed by atoms with E-state index in [0.29, 0.717) is 18.0 Å². The van der Waals surface area contributed by atoms with Crippen LogP contribution in [0.15, 0.2) is 70.8 Å². The average Bonchev–Trinajstić information content (AvgIpc) is 3.47. The Morgan fingerprint density at radius 2 is 1.97 bits per heavy atom. The molecule has 0 radical (unpaired) electrons. The summed E-state index contributed by atoms with van der Waals surface area (Å²) >= 11 is 1.49. The molecule has 1 fully saturated rings. The SMILES string of the molecule is CCc1cc(Sc2ccccc2NC(=O)C2CC(=O)N(c3ccc(C)cc3)C2)n2ncnc2n1. The minimum Gasteiger partial charge on any atom is -0.325 e. The van der Waals surface area contributed by atoms with Crippen LogP contribution in [0.1, 0.15) is 24.6 Å². The van der Waals surface area contributed by atoms with Crippen LogP contribution in [0.2, 0.25) is 0 Å². The third-order valence-corrected chi connectivity index (χ3v) is 6.91. The number of hydrogen-bond donors (Lipinski definition) is 1. The van der Waals surface area contributed by atoms with Gasteiger partial charge in [0.2, 0.25) is 11.8 Å². The van der Waals surface area contributed by atoms with Crippen molar-refractivity contribution < 1.29 is 9.59 Å². The van der Waals surface area contributed by atoms with E-state index in [9.17, 15) is 9.59 Å². The Morgan fingerprint density at radius 1 is 1.18 bits per heavy atom. The lowest BCUT2D eigenvalue weighted by atomic mass is 10.1. The second-order valence-corrected chi connectivity index (χ2v) is 9.30. The van der Waals surface area contributed by atoms with Crippen molar-refractivity contribution in [2.75, 3.05) is 16.8 Å². The molecule has 34 heavy (non-hydrogen) atoms. The first kappa shape index (κ1) is 22.1. The molecule has 0 aliphatic carbocycles. The molecule has 3 heterocycles. The Hall–Kier alpha value is -3.72. The molecule has 8 nitrogen and oxygen atoms in total. The molecular weight excluding hydrogens is 448 g/mol. The summed E-state index contributed by atoms with van der Waals surface area (Å²) in [4.78, 5) is 37.0. The second kappa shape index (κ2) is 9.26. The van der Waals surface area contributed by atoms with Crippen LogP contribution < -0.4 is 10.2 Å². The van der Waals surface area contributed by atoms with Gasteiger partial charge < -0.3 is 10.2 Å². The molecule has 5 rings (SSSR count). The molecule has 1 aliphatic rings. The van der Waals surface area contributed by atoms with E-state index in [-0.39, 0.29) is 18.2 Å². The smallest absolute Gasteiger partial charge is 0.253 e. The molecule has 9 heteroatoms. The Morgan fingerprint density at radius 3 is 2.76 bits per heavy atom. The van der Waals surface area contributed by atoms with Gasteiger partial charge in [-0.1, -0.05) is 48.5 Å². The van der Waals surface area contributed by atoms with Gasteiger partial charge in [-0.3, -0.25) is 9.59 Å². The van der Waals surface area contributed by atoms with Crippen LogP contribution in [0.5, 0.6) is 0 Å². The molecular formula is C25H24N6O2S. The maximum absolute atomic E-state index is 13.1. The number of para-hydroxylation sites is 1. The second-order valence-electron chi connectivity index (χ2n) is 8.24. The molecule has 0 bridgehead atoms. The van der Waals surface area contributed by atoms with Gasteiger partial charge in [-0.15, -0.1) is 0 Å². The van der Waals surface area contributed by atoms with Crippen molar-refractivity contribution >= 4 is 40.7 Å². The van der Waals surface area contributed by atoms with Crippen LogP contribution in [-0.2, 0) is 16.0 Å². The van der Waals surface area contributed by atoms with Gasteiger partial charge in [-0.05, 0) is 43.7 Å². The van der Waals surface area contributed by atoms with Gasteiger partial charge in [0.25, 0.3) is 5.78 Å². The third kappa shape index (κ3) is 4.38. The summed E-state index contributed by atoms with van der Waals surface area (Å²) in [6, 6.07) is 17.4. The predicted molar refractivity (Wildman–Crippen MR) is 131 cm³/mol. The minimum atomic E-state index is -0.415. The van der Waals surface area contributed by atoms with Crippen molar-refractivity contribution in [1.29, 1.82) is 0 Å². The van der Waals surface area contributed by atoms with Crippen LogP contribution >= 0.6 is 11.8 Å². The van der Waals surface area contributed by atoms with Crippen molar-refractivity contribution in [3.05, 3.63) is 72.2 Å². The summed E-state index contributed by atoms with van der Waals surface area (Å²) in [5.74, 6) is -0.0689. The summed E-state index contributed by atoms with van der Waals surface area (Å²) in [5.41, 5.74) is 3.57. The zero-order chi connectivity index (χ0) is 23.7. The molecule has 4 aromatic rings. The highest BCUT2D eigenvalue weighted by molar-refractivity contribution is 7.99. The first-order valence-electron chi connectivity index (χ1n) is 11.2.